The minimum absolute atomic E-state index is 0.338. The molecule has 96 valence electrons. The van der Waals surface area contributed by atoms with Crippen LogP contribution in [0.4, 0.5) is 4.39 Å². The van der Waals surface area contributed by atoms with Gasteiger partial charge in [-0.2, -0.15) is 0 Å². The van der Waals surface area contributed by atoms with Crippen molar-refractivity contribution in [2.24, 2.45) is 0 Å². The molecule has 5 heteroatoms. The van der Waals surface area contributed by atoms with E-state index in [1.165, 1.54) is 23.5 Å². The van der Waals surface area contributed by atoms with Crippen LogP contribution in [0.3, 0.4) is 0 Å². The molecule has 1 aromatic carbocycles. The largest absolute Gasteiger partial charge is 0.309 e. The number of thiazole rings is 1. The fourth-order valence-corrected chi connectivity index (χ4v) is 2.54. The average Bonchev–Trinajstić information content (AvgIpc) is 2.73. The molecule has 2 rings (SSSR count). The van der Waals surface area contributed by atoms with E-state index in [1.54, 1.807) is 6.07 Å². The van der Waals surface area contributed by atoms with Crippen LogP contribution in [-0.2, 0) is 6.54 Å². The molecule has 0 amide bonds. The molecule has 1 aromatic heterocycles. The van der Waals surface area contributed by atoms with Crippen LogP contribution in [0.2, 0.25) is 5.02 Å². The minimum atomic E-state index is -0.338. The van der Waals surface area contributed by atoms with E-state index < -0.39 is 0 Å². The molecule has 0 fully saturated rings. The van der Waals surface area contributed by atoms with Crippen LogP contribution in [0.15, 0.2) is 23.6 Å². The highest BCUT2D eigenvalue weighted by atomic mass is 35.5. The minimum Gasteiger partial charge on any atom is -0.309 e. The lowest BCUT2D eigenvalue weighted by Gasteiger charge is -2.04. The van der Waals surface area contributed by atoms with Crippen LogP contribution < -0.4 is 5.32 Å². The Morgan fingerprint density at radius 3 is 2.83 bits per heavy atom. The first-order valence-electron chi connectivity index (χ1n) is 5.69. The van der Waals surface area contributed by atoms with E-state index >= 15 is 0 Å². The third kappa shape index (κ3) is 3.51. The van der Waals surface area contributed by atoms with Gasteiger partial charge in [0.05, 0.1) is 5.69 Å². The molecule has 18 heavy (non-hydrogen) atoms. The van der Waals surface area contributed by atoms with E-state index in [9.17, 15) is 4.39 Å². The average molecular weight is 285 g/mol. The number of aromatic nitrogens is 1. The highest BCUT2D eigenvalue weighted by molar-refractivity contribution is 7.13. The zero-order chi connectivity index (χ0) is 13.1. The zero-order valence-corrected chi connectivity index (χ0v) is 11.8. The second-order valence-corrected chi connectivity index (χ2v) is 5.63. The lowest BCUT2D eigenvalue weighted by molar-refractivity contribution is 0.583. The maximum atomic E-state index is 13.3. The van der Waals surface area contributed by atoms with Crippen LogP contribution >= 0.6 is 22.9 Å². The number of rotatable bonds is 4. The molecule has 0 spiro atoms. The summed E-state index contributed by atoms with van der Waals surface area (Å²) in [5.74, 6) is -0.338. The summed E-state index contributed by atoms with van der Waals surface area (Å²) >= 11 is 7.33. The van der Waals surface area contributed by atoms with Crippen molar-refractivity contribution in [3.8, 4) is 10.6 Å². The van der Waals surface area contributed by atoms with Gasteiger partial charge in [-0.1, -0.05) is 25.4 Å². The molecule has 0 saturated carbocycles. The summed E-state index contributed by atoms with van der Waals surface area (Å²) in [7, 11) is 0. The standard InChI is InChI=1S/C13H14ClFN2S/c1-8(2)16-6-12-7-18-13(17-12)9-3-10(14)5-11(15)4-9/h3-5,7-8,16H,6H2,1-2H3. The van der Waals surface area contributed by atoms with E-state index in [1.807, 2.05) is 5.38 Å². The maximum absolute atomic E-state index is 13.3. The van der Waals surface area contributed by atoms with Gasteiger partial charge in [0.2, 0.25) is 0 Å². The summed E-state index contributed by atoms with van der Waals surface area (Å²) in [5.41, 5.74) is 1.69. The third-order valence-corrected chi connectivity index (χ3v) is 3.51. The lowest BCUT2D eigenvalue weighted by atomic mass is 10.2. The highest BCUT2D eigenvalue weighted by Gasteiger charge is 2.07. The van der Waals surface area contributed by atoms with E-state index in [0.717, 1.165) is 22.8 Å². The SMILES string of the molecule is CC(C)NCc1csc(-c2cc(F)cc(Cl)c2)n1. The number of nitrogens with zero attached hydrogens (tertiary/aromatic N) is 1. The molecule has 0 bridgehead atoms. The van der Waals surface area contributed by atoms with Crippen molar-refractivity contribution in [3.63, 3.8) is 0 Å². The van der Waals surface area contributed by atoms with Crippen molar-refractivity contribution in [1.82, 2.24) is 10.3 Å². The Morgan fingerprint density at radius 2 is 2.17 bits per heavy atom. The van der Waals surface area contributed by atoms with E-state index in [2.05, 4.69) is 24.1 Å². The summed E-state index contributed by atoms with van der Waals surface area (Å²) < 4.78 is 13.3. The summed E-state index contributed by atoms with van der Waals surface area (Å²) in [5, 5.41) is 6.45. The van der Waals surface area contributed by atoms with Crippen molar-refractivity contribution >= 4 is 22.9 Å². The van der Waals surface area contributed by atoms with Crippen LogP contribution in [0, 0.1) is 5.82 Å². The van der Waals surface area contributed by atoms with Crippen molar-refractivity contribution in [2.75, 3.05) is 0 Å². The van der Waals surface area contributed by atoms with Crippen LogP contribution in [0.1, 0.15) is 19.5 Å². The van der Waals surface area contributed by atoms with Crippen LogP contribution in [-0.4, -0.2) is 11.0 Å². The van der Waals surface area contributed by atoms with Gasteiger partial charge >= 0.3 is 0 Å². The maximum Gasteiger partial charge on any atom is 0.125 e. The topological polar surface area (TPSA) is 24.9 Å². The second-order valence-electron chi connectivity index (χ2n) is 4.34. The molecule has 0 radical (unpaired) electrons. The van der Waals surface area contributed by atoms with Gasteiger partial charge in [-0.3, -0.25) is 0 Å². The van der Waals surface area contributed by atoms with Gasteiger partial charge in [-0.05, 0) is 18.2 Å². The molecule has 0 aliphatic rings. The summed E-state index contributed by atoms with van der Waals surface area (Å²) in [6.07, 6.45) is 0. The first kappa shape index (κ1) is 13.5. The molecular weight excluding hydrogens is 271 g/mol. The molecular formula is C13H14ClFN2S. The second kappa shape index (κ2) is 5.78. The Kier molecular flexibility index (Phi) is 4.32. The first-order chi connectivity index (χ1) is 8.54. The predicted octanol–water partition coefficient (Wildman–Crippen LogP) is 4.10. The Morgan fingerprint density at radius 1 is 1.39 bits per heavy atom. The summed E-state index contributed by atoms with van der Waals surface area (Å²) in [6, 6.07) is 4.88. The first-order valence-corrected chi connectivity index (χ1v) is 6.94. The molecule has 0 aliphatic heterocycles. The van der Waals surface area contributed by atoms with E-state index in [-0.39, 0.29) is 5.82 Å². The van der Waals surface area contributed by atoms with Gasteiger partial charge in [0.1, 0.15) is 10.8 Å². The molecule has 0 saturated heterocycles. The van der Waals surface area contributed by atoms with Crippen molar-refractivity contribution in [2.45, 2.75) is 26.4 Å². The Bertz CT molecular complexity index is 519. The third-order valence-electron chi connectivity index (χ3n) is 2.35. The summed E-state index contributed by atoms with van der Waals surface area (Å²) in [6.45, 7) is 4.89. The quantitative estimate of drug-likeness (QED) is 0.914. The van der Waals surface area contributed by atoms with Crippen LogP contribution in [0.5, 0.6) is 0 Å². The Balaban J connectivity index is 2.18. The number of halogens is 2. The van der Waals surface area contributed by atoms with Gasteiger partial charge in [0, 0.05) is 28.6 Å². The van der Waals surface area contributed by atoms with Gasteiger partial charge in [0.15, 0.2) is 0 Å². The van der Waals surface area contributed by atoms with Crippen molar-refractivity contribution in [3.05, 3.63) is 40.1 Å². The van der Waals surface area contributed by atoms with Crippen molar-refractivity contribution in [1.29, 1.82) is 0 Å². The normalized spacial score (nSPS) is 11.2. The predicted molar refractivity (Wildman–Crippen MR) is 74.5 cm³/mol. The smallest absolute Gasteiger partial charge is 0.125 e. The van der Waals surface area contributed by atoms with Crippen molar-refractivity contribution < 1.29 is 4.39 Å². The van der Waals surface area contributed by atoms with E-state index in [0.29, 0.717) is 11.1 Å². The van der Waals surface area contributed by atoms with Gasteiger partial charge < -0.3 is 5.32 Å². The zero-order valence-electron chi connectivity index (χ0n) is 10.2. The summed E-state index contributed by atoms with van der Waals surface area (Å²) in [4.78, 5) is 4.47. The Labute approximate surface area is 115 Å². The number of hydrogen-bond acceptors (Lipinski definition) is 3. The molecule has 0 atom stereocenters. The van der Waals surface area contributed by atoms with Crippen LogP contribution in [0.25, 0.3) is 10.6 Å². The van der Waals surface area contributed by atoms with E-state index in [4.69, 9.17) is 11.6 Å². The number of hydrogen-bond donors (Lipinski definition) is 1. The molecule has 2 aromatic rings. The fourth-order valence-electron chi connectivity index (χ4n) is 1.51. The number of nitrogens with one attached hydrogen (secondary N) is 1. The lowest BCUT2D eigenvalue weighted by Crippen LogP contribution is -2.21. The van der Waals surface area contributed by atoms with Gasteiger partial charge in [-0.25, -0.2) is 9.37 Å². The molecule has 1 N–H and O–H groups in total. The number of benzene rings is 1. The molecule has 0 unspecified atom stereocenters. The Hall–Kier alpha value is -0.970. The van der Waals surface area contributed by atoms with Gasteiger partial charge in [-0.15, -0.1) is 11.3 Å². The molecule has 1 heterocycles. The monoisotopic (exact) mass is 284 g/mol. The fraction of sp³-hybridized carbons (Fsp3) is 0.308. The van der Waals surface area contributed by atoms with Gasteiger partial charge in [0.25, 0.3) is 0 Å². The molecule has 2 nitrogen and oxygen atoms in total. The molecule has 0 aliphatic carbocycles. The highest BCUT2D eigenvalue weighted by Crippen LogP contribution is 2.27.